The molecule has 0 aromatic heterocycles. The molecule has 0 rings (SSSR count). The van der Waals surface area contributed by atoms with Crippen molar-refractivity contribution in [2.45, 2.75) is 65.6 Å². The number of nitrogens with two attached hydrogens (primary N) is 1. The Hall–Kier alpha value is -1.87. The highest BCUT2D eigenvalue weighted by atomic mass is 16.6. The molecule has 9 nitrogen and oxygen atoms in total. The van der Waals surface area contributed by atoms with E-state index in [0.717, 1.165) is 25.9 Å². The van der Waals surface area contributed by atoms with E-state index in [0.29, 0.717) is 13.1 Å². The molecule has 0 bridgehead atoms. The van der Waals surface area contributed by atoms with Crippen molar-refractivity contribution in [2.24, 2.45) is 10.7 Å². The van der Waals surface area contributed by atoms with E-state index in [2.05, 4.69) is 20.9 Å². The first-order chi connectivity index (χ1) is 11.9. The van der Waals surface area contributed by atoms with Crippen molar-refractivity contribution in [2.75, 3.05) is 26.2 Å². The van der Waals surface area contributed by atoms with E-state index in [-0.39, 0.29) is 5.96 Å². The number of carbonyl (C=O) groups excluding carboxylic acids is 2. The standard InChI is InChI=1S/C17H35N5O4/c1-16(2,3)25-14(23)21-13(22-15(24)26-17(4,5)6)20-12-8-11-19-10-7-9-18/h19H,7-12,18H2,1-6H3,(H2,20,21,22,23,24). The Balaban J connectivity index is 4.63. The SMILES string of the molecule is CC(C)(C)OC(=O)/N=C(\NCCCNCCCN)NC(=O)OC(C)(C)C. The third-order valence-corrected chi connectivity index (χ3v) is 2.60. The lowest BCUT2D eigenvalue weighted by molar-refractivity contribution is 0.0560. The molecule has 0 aliphatic carbocycles. The molecule has 5 N–H and O–H groups in total. The molecule has 0 saturated carbocycles. The molecule has 0 radical (unpaired) electrons. The summed E-state index contributed by atoms with van der Waals surface area (Å²) in [6.45, 7) is 13.2. The van der Waals surface area contributed by atoms with E-state index in [4.69, 9.17) is 15.2 Å². The fourth-order valence-corrected chi connectivity index (χ4v) is 1.66. The predicted molar refractivity (Wildman–Crippen MR) is 102 cm³/mol. The minimum absolute atomic E-state index is 0.00421. The van der Waals surface area contributed by atoms with E-state index in [1.807, 2.05) is 0 Å². The maximum absolute atomic E-state index is 11.9. The van der Waals surface area contributed by atoms with Crippen LogP contribution in [0, 0.1) is 0 Å². The number of nitrogens with zero attached hydrogens (tertiary/aromatic N) is 1. The molecule has 0 aliphatic heterocycles. The molecule has 0 unspecified atom stereocenters. The summed E-state index contributed by atoms with van der Waals surface area (Å²) in [5.74, 6) is -0.00421. The van der Waals surface area contributed by atoms with Gasteiger partial charge in [-0.1, -0.05) is 0 Å². The molecule has 0 aliphatic rings. The summed E-state index contributed by atoms with van der Waals surface area (Å²) >= 11 is 0. The lowest BCUT2D eigenvalue weighted by Gasteiger charge is -2.21. The highest BCUT2D eigenvalue weighted by Gasteiger charge is 2.20. The van der Waals surface area contributed by atoms with Gasteiger partial charge < -0.3 is 25.8 Å². The molecule has 152 valence electrons. The fourth-order valence-electron chi connectivity index (χ4n) is 1.66. The predicted octanol–water partition coefficient (Wildman–Crippen LogP) is 1.72. The van der Waals surface area contributed by atoms with Crippen molar-refractivity contribution in [1.29, 1.82) is 0 Å². The van der Waals surface area contributed by atoms with Crippen LogP contribution in [0.25, 0.3) is 0 Å². The average molecular weight is 373 g/mol. The molecule has 2 amide bonds. The Morgan fingerprint density at radius 1 is 0.923 bits per heavy atom. The topological polar surface area (TPSA) is 127 Å². The summed E-state index contributed by atoms with van der Waals surface area (Å²) < 4.78 is 10.3. The van der Waals surface area contributed by atoms with Crippen molar-refractivity contribution < 1.29 is 19.1 Å². The Bertz CT molecular complexity index is 467. The van der Waals surface area contributed by atoms with Crippen molar-refractivity contribution in [3.63, 3.8) is 0 Å². The number of nitrogens with one attached hydrogen (secondary N) is 3. The highest BCUT2D eigenvalue weighted by Crippen LogP contribution is 2.08. The Morgan fingerprint density at radius 2 is 1.50 bits per heavy atom. The first-order valence-corrected chi connectivity index (χ1v) is 8.89. The van der Waals surface area contributed by atoms with Crippen LogP contribution in [0.15, 0.2) is 4.99 Å². The molecule has 0 saturated heterocycles. The van der Waals surface area contributed by atoms with Gasteiger partial charge in [0.05, 0.1) is 0 Å². The number of hydrogen-bond acceptors (Lipinski definition) is 6. The highest BCUT2D eigenvalue weighted by molar-refractivity contribution is 5.98. The minimum Gasteiger partial charge on any atom is -0.444 e. The van der Waals surface area contributed by atoms with Crippen LogP contribution >= 0.6 is 0 Å². The van der Waals surface area contributed by atoms with Crippen LogP contribution in [0.4, 0.5) is 9.59 Å². The van der Waals surface area contributed by atoms with Crippen molar-refractivity contribution in [3.8, 4) is 0 Å². The molecule has 0 heterocycles. The van der Waals surface area contributed by atoms with Gasteiger partial charge in [0.2, 0.25) is 5.96 Å². The first-order valence-electron chi connectivity index (χ1n) is 8.89. The number of hydrogen-bond donors (Lipinski definition) is 4. The van der Waals surface area contributed by atoms with Gasteiger partial charge in [-0.2, -0.15) is 0 Å². The molecule has 0 aromatic rings. The number of amides is 2. The summed E-state index contributed by atoms with van der Waals surface area (Å²) in [6, 6.07) is 0. The van der Waals surface area contributed by atoms with Crippen LogP contribution in [-0.4, -0.2) is 55.5 Å². The molecule has 0 spiro atoms. The summed E-state index contributed by atoms with van der Waals surface area (Å²) in [6.07, 6.45) is 0.192. The second-order valence-corrected chi connectivity index (χ2v) is 7.74. The van der Waals surface area contributed by atoms with E-state index in [9.17, 15) is 9.59 Å². The van der Waals surface area contributed by atoms with Gasteiger partial charge in [-0.3, -0.25) is 5.32 Å². The maximum Gasteiger partial charge on any atom is 0.437 e. The minimum atomic E-state index is -0.794. The van der Waals surface area contributed by atoms with Crippen LogP contribution in [-0.2, 0) is 9.47 Å². The Kier molecular flexibility index (Phi) is 10.8. The van der Waals surface area contributed by atoms with Gasteiger partial charge in [0.15, 0.2) is 0 Å². The van der Waals surface area contributed by atoms with Crippen LogP contribution < -0.4 is 21.7 Å². The third-order valence-electron chi connectivity index (χ3n) is 2.60. The molecule has 0 atom stereocenters. The Labute approximate surface area is 156 Å². The summed E-state index contributed by atoms with van der Waals surface area (Å²) in [7, 11) is 0. The maximum atomic E-state index is 11.9. The molecule has 0 aromatic carbocycles. The van der Waals surface area contributed by atoms with Crippen LogP contribution in [0.5, 0.6) is 0 Å². The van der Waals surface area contributed by atoms with E-state index in [1.54, 1.807) is 41.5 Å². The van der Waals surface area contributed by atoms with Gasteiger partial charge in [-0.15, -0.1) is 4.99 Å². The number of carbonyl (C=O) groups is 2. The van der Waals surface area contributed by atoms with Gasteiger partial charge in [0.25, 0.3) is 0 Å². The normalized spacial score (nSPS) is 12.5. The quantitative estimate of drug-likeness (QED) is 0.304. The molecular formula is C17H35N5O4. The fraction of sp³-hybridized carbons (Fsp3) is 0.824. The van der Waals surface area contributed by atoms with Crippen LogP contribution in [0.3, 0.4) is 0 Å². The third kappa shape index (κ3) is 15.6. The lowest BCUT2D eigenvalue weighted by atomic mass is 10.2. The molecule has 0 fully saturated rings. The van der Waals surface area contributed by atoms with Crippen molar-refractivity contribution in [3.05, 3.63) is 0 Å². The smallest absolute Gasteiger partial charge is 0.437 e. The first kappa shape index (κ1) is 24.1. The van der Waals surface area contributed by atoms with Gasteiger partial charge in [0.1, 0.15) is 11.2 Å². The number of rotatable bonds is 7. The zero-order valence-corrected chi connectivity index (χ0v) is 16.9. The number of ether oxygens (including phenoxy) is 2. The molecular weight excluding hydrogens is 338 g/mol. The van der Waals surface area contributed by atoms with E-state index < -0.39 is 23.4 Å². The number of aliphatic imine (C=N–C) groups is 1. The average Bonchev–Trinajstić information content (AvgIpc) is 2.41. The van der Waals surface area contributed by atoms with Gasteiger partial charge in [-0.25, -0.2) is 9.59 Å². The largest absolute Gasteiger partial charge is 0.444 e. The van der Waals surface area contributed by atoms with Crippen LogP contribution in [0.2, 0.25) is 0 Å². The summed E-state index contributed by atoms with van der Waals surface area (Å²) in [5, 5.41) is 8.60. The molecule has 9 heteroatoms. The van der Waals surface area contributed by atoms with Crippen molar-refractivity contribution >= 4 is 18.1 Å². The Morgan fingerprint density at radius 3 is 2.04 bits per heavy atom. The van der Waals surface area contributed by atoms with Crippen molar-refractivity contribution in [1.82, 2.24) is 16.0 Å². The second-order valence-electron chi connectivity index (χ2n) is 7.74. The van der Waals surface area contributed by atoms with Gasteiger partial charge in [-0.05, 0) is 74.0 Å². The van der Waals surface area contributed by atoms with E-state index >= 15 is 0 Å². The number of guanidine groups is 1. The van der Waals surface area contributed by atoms with Gasteiger partial charge >= 0.3 is 12.2 Å². The number of alkyl carbamates (subject to hydrolysis) is 1. The second kappa shape index (κ2) is 11.7. The van der Waals surface area contributed by atoms with Crippen LogP contribution in [0.1, 0.15) is 54.4 Å². The zero-order valence-electron chi connectivity index (χ0n) is 16.9. The van der Waals surface area contributed by atoms with Gasteiger partial charge in [0, 0.05) is 6.54 Å². The lowest BCUT2D eigenvalue weighted by Crippen LogP contribution is -2.44. The van der Waals surface area contributed by atoms with E-state index in [1.165, 1.54) is 0 Å². The summed E-state index contributed by atoms with van der Waals surface area (Å²) in [5.41, 5.74) is 4.09. The monoisotopic (exact) mass is 373 g/mol. The zero-order chi connectivity index (χ0) is 20.2. The summed E-state index contributed by atoms with van der Waals surface area (Å²) in [4.78, 5) is 27.6. The molecule has 26 heavy (non-hydrogen) atoms.